The van der Waals surface area contributed by atoms with Gasteiger partial charge in [0, 0.05) is 54.4 Å². The van der Waals surface area contributed by atoms with Crippen molar-refractivity contribution in [2.45, 2.75) is 19.8 Å². The van der Waals surface area contributed by atoms with E-state index in [1.165, 1.54) is 0 Å². The molecule has 5 nitrogen and oxygen atoms in total. The fourth-order valence-electron chi connectivity index (χ4n) is 4.04. The smallest absolute Gasteiger partial charge is 0.237 e. The van der Waals surface area contributed by atoms with Gasteiger partial charge in [-0.2, -0.15) is 0 Å². The summed E-state index contributed by atoms with van der Waals surface area (Å²) < 4.78 is 0. The number of carbonyl (C=O) groups excluding carboxylic acids is 1. The molecule has 1 fully saturated rings. The van der Waals surface area contributed by atoms with Gasteiger partial charge in [-0.05, 0) is 31.0 Å². The first kappa shape index (κ1) is 22.6. The maximum absolute atomic E-state index is 12.1. The van der Waals surface area contributed by atoms with Crippen LogP contribution in [0.15, 0.2) is 54.6 Å². The highest BCUT2D eigenvalue weighted by atomic mass is 35.5. The molecule has 1 amide bonds. The molecular weight excluding hydrogens is 443 g/mol. The maximum atomic E-state index is 12.1. The van der Waals surface area contributed by atoms with E-state index in [0.29, 0.717) is 26.1 Å². The molecule has 1 aliphatic rings. The van der Waals surface area contributed by atoms with Gasteiger partial charge in [0.15, 0.2) is 5.82 Å². The summed E-state index contributed by atoms with van der Waals surface area (Å²) in [6.07, 6.45) is 1.58. The predicted molar refractivity (Wildman–Crippen MR) is 131 cm³/mol. The summed E-state index contributed by atoms with van der Waals surface area (Å²) in [6.45, 7) is 4.93. The number of nitrogens with zero attached hydrogens (tertiary/aromatic N) is 4. The minimum atomic E-state index is -0.0150. The predicted octanol–water partition coefficient (Wildman–Crippen LogP) is 4.97. The fraction of sp³-hybridized carbons (Fsp3) is 0.320. The highest BCUT2D eigenvalue weighted by molar-refractivity contribution is 6.30. The van der Waals surface area contributed by atoms with E-state index in [9.17, 15) is 4.79 Å². The zero-order valence-electron chi connectivity index (χ0n) is 18.1. The third kappa shape index (κ3) is 5.22. The zero-order chi connectivity index (χ0) is 22.5. The van der Waals surface area contributed by atoms with Crippen LogP contribution in [0.5, 0.6) is 0 Å². The number of amides is 1. The standard InChI is InChI=1S/C25H26Cl2N4O/c1-18-22(16-19-8-10-21(27)11-9-19)25(29-24(28-18)20-6-3-2-4-7-20)31-13-5-12-30(14-15-31)23(32)17-26/h2-4,6-11H,5,12-17H2,1H3. The van der Waals surface area contributed by atoms with Gasteiger partial charge in [-0.15, -0.1) is 11.6 Å². The van der Waals surface area contributed by atoms with Gasteiger partial charge in [0.25, 0.3) is 0 Å². The van der Waals surface area contributed by atoms with Crippen molar-refractivity contribution in [2.24, 2.45) is 0 Å². The van der Waals surface area contributed by atoms with Crippen LogP contribution in [0.1, 0.15) is 23.2 Å². The Morgan fingerprint density at radius 2 is 1.72 bits per heavy atom. The molecule has 32 heavy (non-hydrogen) atoms. The van der Waals surface area contributed by atoms with Gasteiger partial charge < -0.3 is 9.80 Å². The first-order chi connectivity index (χ1) is 15.5. The zero-order valence-corrected chi connectivity index (χ0v) is 19.6. The lowest BCUT2D eigenvalue weighted by atomic mass is 10.0. The number of anilines is 1. The van der Waals surface area contributed by atoms with Gasteiger partial charge in [0.2, 0.25) is 5.91 Å². The second kappa shape index (κ2) is 10.3. The Morgan fingerprint density at radius 1 is 0.969 bits per heavy atom. The van der Waals surface area contributed by atoms with Crippen molar-refractivity contribution in [1.82, 2.24) is 14.9 Å². The molecule has 1 saturated heterocycles. The SMILES string of the molecule is Cc1nc(-c2ccccc2)nc(N2CCCN(C(=O)CCl)CC2)c1Cc1ccc(Cl)cc1. The molecule has 7 heteroatoms. The van der Waals surface area contributed by atoms with Crippen LogP contribution < -0.4 is 4.90 Å². The third-order valence-electron chi connectivity index (χ3n) is 5.78. The van der Waals surface area contributed by atoms with Crippen LogP contribution in [0.25, 0.3) is 11.4 Å². The Bertz CT molecular complexity index is 1070. The quantitative estimate of drug-likeness (QED) is 0.495. The molecule has 0 radical (unpaired) electrons. The van der Waals surface area contributed by atoms with Gasteiger partial charge in [-0.25, -0.2) is 9.97 Å². The van der Waals surface area contributed by atoms with Crippen LogP contribution in [0.2, 0.25) is 5.02 Å². The van der Waals surface area contributed by atoms with Crippen molar-refractivity contribution < 1.29 is 4.79 Å². The number of aromatic nitrogens is 2. The Morgan fingerprint density at radius 3 is 2.44 bits per heavy atom. The molecule has 0 atom stereocenters. The van der Waals surface area contributed by atoms with Gasteiger partial charge in [0.05, 0.1) is 0 Å². The molecule has 1 aliphatic heterocycles. The van der Waals surface area contributed by atoms with E-state index in [4.69, 9.17) is 33.2 Å². The summed E-state index contributed by atoms with van der Waals surface area (Å²) in [5.74, 6) is 1.66. The molecule has 0 unspecified atom stereocenters. The Balaban J connectivity index is 1.72. The lowest BCUT2D eigenvalue weighted by Gasteiger charge is -2.26. The van der Waals surface area contributed by atoms with Gasteiger partial charge in [-0.1, -0.05) is 54.1 Å². The van der Waals surface area contributed by atoms with Gasteiger partial charge in [0.1, 0.15) is 11.7 Å². The normalized spacial score (nSPS) is 14.3. The number of hydrogen-bond acceptors (Lipinski definition) is 4. The number of carbonyl (C=O) groups is 1. The third-order valence-corrected chi connectivity index (χ3v) is 6.26. The van der Waals surface area contributed by atoms with Crippen molar-refractivity contribution in [3.63, 3.8) is 0 Å². The van der Waals surface area contributed by atoms with Crippen LogP contribution >= 0.6 is 23.2 Å². The van der Waals surface area contributed by atoms with Crippen LogP contribution in [-0.4, -0.2) is 52.8 Å². The first-order valence-corrected chi connectivity index (χ1v) is 11.7. The minimum Gasteiger partial charge on any atom is -0.354 e. The second-order valence-electron chi connectivity index (χ2n) is 7.96. The first-order valence-electron chi connectivity index (χ1n) is 10.8. The largest absolute Gasteiger partial charge is 0.354 e. The van der Waals surface area contributed by atoms with E-state index in [0.717, 1.165) is 52.0 Å². The van der Waals surface area contributed by atoms with Crippen molar-refractivity contribution in [3.05, 3.63) is 76.4 Å². The number of halogens is 2. The van der Waals surface area contributed by atoms with E-state index in [1.807, 2.05) is 66.4 Å². The number of aryl methyl sites for hydroxylation is 1. The molecule has 2 aromatic carbocycles. The monoisotopic (exact) mass is 468 g/mol. The van der Waals surface area contributed by atoms with E-state index < -0.39 is 0 Å². The van der Waals surface area contributed by atoms with Crippen LogP contribution in [-0.2, 0) is 11.2 Å². The fourth-order valence-corrected chi connectivity index (χ4v) is 4.33. The highest BCUT2D eigenvalue weighted by Gasteiger charge is 2.23. The van der Waals surface area contributed by atoms with Crippen LogP contribution in [0.3, 0.4) is 0 Å². The summed E-state index contributed by atoms with van der Waals surface area (Å²) in [5, 5.41) is 0.720. The average molecular weight is 469 g/mol. The van der Waals surface area contributed by atoms with Gasteiger partial charge in [-0.3, -0.25) is 4.79 Å². The Hall–Kier alpha value is -2.63. The summed E-state index contributed by atoms with van der Waals surface area (Å²) in [7, 11) is 0. The molecule has 2 heterocycles. The van der Waals surface area contributed by atoms with Crippen molar-refractivity contribution in [3.8, 4) is 11.4 Å². The van der Waals surface area contributed by atoms with E-state index in [2.05, 4.69) is 4.90 Å². The molecule has 0 spiro atoms. The highest BCUT2D eigenvalue weighted by Crippen LogP contribution is 2.28. The summed E-state index contributed by atoms with van der Waals surface area (Å²) in [5.41, 5.74) is 4.21. The molecule has 0 saturated carbocycles. The lowest BCUT2D eigenvalue weighted by molar-refractivity contribution is -0.128. The molecule has 1 aromatic heterocycles. The Labute approximate surface area is 199 Å². The lowest BCUT2D eigenvalue weighted by Crippen LogP contribution is -2.36. The van der Waals surface area contributed by atoms with Crippen LogP contribution in [0.4, 0.5) is 5.82 Å². The summed E-state index contributed by atoms with van der Waals surface area (Å²) in [6, 6.07) is 17.9. The summed E-state index contributed by atoms with van der Waals surface area (Å²) in [4.78, 5) is 26.1. The molecule has 166 valence electrons. The topological polar surface area (TPSA) is 49.3 Å². The number of hydrogen-bond donors (Lipinski definition) is 0. The van der Waals surface area contributed by atoms with Crippen LogP contribution in [0, 0.1) is 6.92 Å². The van der Waals surface area contributed by atoms with E-state index in [1.54, 1.807) is 0 Å². The van der Waals surface area contributed by atoms with Gasteiger partial charge >= 0.3 is 0 Å². The molecular formula is C25H26Cl2N4O. The number of rotatable bonds is 5. The Kier molecular flexibility index (Phi) is 7.28. The molecule has 3 aromatic rings. The number of benzene rings is 2. The number of alkyl halides is 1. The van der Waals surface area contributed by atoms with Crippen molar-refractivity contribution in [1.29, 1.82) is 0 Å². The average Bonchev–Trinajstić information content (AvgIpc) is 3.08. The van der Waals surface area contributed by atoms with E-state index >= 15 is 0 Å². The molecule has 0 aliphatic carbocycles. The van der Waals surface area contributed by atoms with Crippen molar-refractivity contribution in [2.75, 3.05) is 37.0 Å². The maximum Gasteiger partial charge on any atom is 0.237 e. The molecule has 0 N–H and O–H groups in total. The second-order valence-corrected chi connectivity index (χ2v) is 8.66. The molecule has 0 bridgehead atoms. The summed E-state index contributed by atoms with van der Waals surface area (Å²) >= 11 is 11.9. The minimum absolute atomic E-state index is 0.0150. The molecule has 4 rings (SSSR count). The van der Waals surface area contributed by atoms with E-state index in [-0.39, 0.29) is 11.8 Å². The van der Waals surface area contributed by atoms with Crippen molar-refractivity contribution >= 4 is 34.9 Å².